The molecule has 0 atom stereocenters. The highest BCUT2D eigenvalue weighted by molar-refractivity contribution is 8.02. The number of rotatable bonds is 13. The van der Waals surface area contributed by atoms with Crippen molar-refractivity contribution in [1.82, 2.24) is 4.90 Å². The maximum Gasteiger partial charge on any atom is 0.317 e. The number of nitrogens with zero attached hydrogens (tertiary/aromatic N) is 3. The number of thioether (sulfide) groups is 1. The first-order valence-electron chi connectivity index (χ1n) is 15.3. The van der Waals surface area contributed by atoms with Gasteiger partial charge in [0.15, 0.2) is 5.71 Å². The van der Waals surface area contributed by atoms with Crippen LogP contribution in [0.4, 0.5) is 11.4 Å². The first-order chi connectivity index (χ1) is 21.6. The van der Waals surface area contributed by atoms with Crippen LogP contribution in [0.25, 0.3) is 0 Å². The average Bonchev–Trinajstić information content (AvgIpc) is 3.29. The number of hydrogen-bond acceptors (Lipinski definition) is 7. The summed E-state index contributed by atoms with van der Waals surface area (Å²) in [5.41, 5.74) is 7.37. The minimum Gasteiger partial charge on any atom is -0.748 e. The minimum absolute atomic E-state index is 0.00517. The second kappa shape index (κ2) is 14.1. The van der Waals surface area contributed by atoms with Gasteiger partial charge in [-0.15, -0.1) is 11.8 Å². The van der Waals surface area contributed by atoms with Crippen LogP contribution in [-0.4, -0.2) is 78.4 Å². The largest absolute Gasteiger partial charge is 0.748 e. The Bertz CT molecular complexity index is 1750. The number of carbonyl (C=O) groups is 1. The summed E-state index contributed by atoms with van der Waals surface area (Å²) in [6.07, 6.45) is 14.8. The fourth-order valence-corrected chi connectivity index (χ4v) is 7.43. The third-order valence-electron chi connectivity index (χ3n) is 8.80. The van der Waals surface area contributed by atoms with Crippen LogP contribution < -0.4 is 4.90 Å². The van der Waals surface area contributed by atoms with Crippen LogP contribution in [-0.2, 0) is 32.3 Å². The molecule has 0 radical (unpaired) electrons. The predicted octanol–water partition coefficient (Wildman–Crippen LogP) is 6.19. The van der Waals surface area contributed by atoms with Crippen molar-refractivity contribution in [2.24, 2.45) is 0 Å². The van der Waals surface area contributed by atoms with Gasteiger partial charge in [0.2, 0.25) is 5.69 Å². The number of hydrogen-bond donors (Lipinski definition) is 1. The summed E-state index contributed by atoms with van der Waals surface area (Å²) in [5.74, 6) is -1.22. The molecule has 2 heterocycles. The van der Waals surface area contributed by atoms with Gasteiger partial charge in [-0.05, 0) is 75.1 Å². The van der Waals surface area contributed by atoms with E-state index in [1.807, 2.05) is 37.6 Å². The molecule has 0 amide bonds. The number of para-hydroxylation sites is 1. The third-order valence-corrected chi connectivity index (χ3v) is 10.3. The smallest absolute Gasteiger partial charge is 0.317 e. The number of aliphatic carboxylic acids is 1. The van der Waals surface area contributed by atoms with Crippen LogP contribution in [0, 0.1) is 0 Å². The monoisotopic (exact) mass is 663 g/mol. The Labute approximate surface area is 278 Å². The molecule has 0 aliphatic carbocycles. The molecular weight excluding hydrogens is 619 g/mol. The fourth-order valence-electron chi connectivity index (χ4n) is 6.52. The van der Waals surface area contributed by atoms with Gasteiger partial charge in [0.25, 0.3) is 0 Å². The third kappa shape index (κ3) is 7.91. The summed E-state index contributed by atoms with van der Waals surface area (Å²) in [4.78, 5) is 16.1. The minimum atomic E-state index is -4.27. The Kier molecular flexibility index (Phi) is 10.9. The first kappa shape index (κ1) is 35.4. The molecule has 246 valence electrons. The number of likely N-dealkylation sites (N-methyl/N-ethyl adjacent to an activating group) is 1. The molecule has 2 aliphatic heterocycles. The van der Waals surface area contributed by atoms with Gasteiger partial charge in [0.1, 0.15) is 7.05 Å². The fraction of sp³-hybridized carbons (Fsp3) is 0.389. The average molecular weight is 664 g/mol. The van der Waals surface area contributed by atoms with Gasteiger partial charge in [0, 0.05) is 58.3 Å². The zero-order chi connectivity index (χ0) is 33.9. The van der Waals surface area contributed by atoms with Gasteiger partial charge < -0.3 is 14.6 Å². The van der Waals surface area contributed by atoms with E-state index >= 15 is 0 Å². The molecular formula is C36H45N3O5S2. The van der Waals surface area contributed by atoms with E-state index in [9.17, 15) is 17.8 Å². The van der Waals surface area contributed by atoms with Gasteiger partial charge >= 0.3 is 5.97 Å². The van der Waals surface area contributed by atoms with Crippen LogP contribution in [0.2, 0.25) is 0 Å². The molecule has 4 rings (SSSR count). The van der Waals surface area contributed by atoms with Gasteiger partial charge in [0.05, 0.1) is 22.1 Å². The number of carboxylic acid groups (broad SMARTS) is 1. The molecule has 1 N–H and O–H groups in total. The van der Waals surface area contributed by atoms with Crippen molar-refractivity contribution in [3.63, 3.8) is 0 Å². The lowest BCUT2D eigenvalue weighted by atomic mass is 9.81. The first-order valence-corrected chi connectivity index (χ1v) is 18.1. The van der Waals surface area contributed by atoms with E-state index < -0.39 is 16.1 Å². The van der Waals surface area contributed by atoms with Crippen molar-refractivity contribution >= 4 is 44.9 Å². The lowest BCUT2D eigenvalue weighted by Gasteiger charge is -2.27. The summed E-state index contributed by atoms with van der Waals surface area (Å²) < 4.78 is 36.0. The maximum absolute atomic E-state index is 11.3. The number of carboxylic acids is 1. The molecule has 8 nitrogen and oxygen atoms in total. The Morgan fingerprint density at radius 2 is 1.80 bits per heavy atom. The molecule has 0 saturated heterocycles. The Morgan fingerprint density at radius 3 is 2.48 bits per heavy atom. The van der Waals surface area contributed by atoms with Crippen LogP contribution >= 0.6 is 11.8 Å². The molecule has 0 aromatic heterocycles. The highest BCUT2D eigenvalue weighted by Crippen LogP contribution is 2.47. The topological polar surface area (TPSA) is 104 Å². The van der Waals surface area contributed by atoms with E-state index in [0.717, 1.165) is 27.5 Å². The van der Waals surface area contributed by atoms with Crippen LogP contribution in [0.15, 0.2) is 89.5 Å². The van der Waals surface area contributed by atoms with E-state index in [0.29, 0.717) is 13.1 Å². The van der Waals surface area contributed by atoms with Crippen molar-refractivity contribution in [2.45, 2.75) is 51.5 Å². The summed E-state index contributed by atoms with van der Waals surface area (Å²) in [7, 11) is -0.382. The maximum atomic E-state index is 11.3. The van der Waals surface area contributed by atoms with Gasteiger partial charge in [-0.1, -0.05) is 50.3 Å². The normalized spacial score (nSPS) is 18.4. The van der Waals surface area contributed by atoms with E-state index in [1.165, 1.54) is 16.8 Å². The number of benzene rings is 2. The second-order valence-electron chi connectivity index (χ2n) is 12.9. The second-order valence-corrected chi connectivity index (χ2v) is 15.3. The SMILES string of the molecule is CSC(=C\C=C\C1=[N+](C)c2ccc(CN(C)CC(=O)O)cc2C1(C)C)/C=C/C=C1/N(CCCS(=O)(=O)[O-])c2ccccc2C1(C)C. The zero-order valence-corrected chi connectivity index (χ0v) is 29.4. The highest BCUT2D eigenvalue weighted by Gasteiger charge is 2.43. The molecule has 2 aliphatic rings. The molecule has 10 heteroatoms. The highest BCUT2D eigenvalue weighted by atomic mass is 32.2. The van der Waals surface area contributed by atoms with E-state index in [1.54, 1.807) is 16.7 Å². The quantitative estimate of drug-likeness (QED) is 0.154. The summed E-state index contributed by atoms with van der Waals surface area (Å²) >= 11 is 1.65. The van der Waals surface area contributed by atoms with Crippen molar-refractivity contribution in [2.75, 3.05) is 44.1 Å². The molecule has 0 spiro atoms. The summed E-state index contributed by atoms with van der Waals surface area (Å²) in [5, 5.41) is 9.12. The Hall–Kier alpha value is -3.44. The standard InChI is InChI=1S/C36H45N3O5S2/c1-35(2)28-15-8-9-16-31(28)39(21-12-22-46(42,43)44)33(35)18-11-14-27(45-7)13-10-17-32-36(3,4)29-23-26(19-20-30(29)38(32)6)24-37(5)25-34(40)41/h8-11,13-20,23H,12,21-22,24-25H2,1-7H3,(H-,40,41,42,43,44). The summed E-state index contributed by atoms with van der Waals surface area (Å²) in [6, 6.07) is 14.5. The van der Waals surface area contributed by atoms with Gasteiger partial charge in [-0.25, -0.2) is 8.42 Å². The predicted molar refractivity (Wildman–Crippen MR) is 188 cm³/mol. The Balaban J connectivity index is 1.53. The number of fused-ring (bicyclic) bond motifs is 2. The van der Waals surface area contributed by atoms with Gasteiger partial charge in [-0.3, -0.25) is 9.69 Å². The zero-order valence-electron chi connectivity index (χ0n) is 27.8. The molecule has 0 fully saturated rings. The van der Waals surface area contributed by atoms with Crippen molar-refractivity contribution < 1.29 is 27.4 Å². The molecule has 0 saturated carbocycles. The van der Waals surface area contributed by atoms with Crippen LogP contribution in [0.3, 0.4) is 0 Å². The van der Waals surface area contributed by atoms with Crippen molar-refractivity contribution in [3.8, 4) is 0 Å². The lowest BCUT2D eigenvalue weighted by molar-refractivity contribution is -0.401. The molecule has 2 aromatic carbocycles. The van der Waals surface area contributed by atoms with Crippen molar-refractivity contribution in [3.05, 3.63) is 106 Å². The van der Waals surface area contributed by atoms with Crippen LogP contribution in [0.5, 0.6) is 0 Å². The van der Waals surface area contributed by atoms with Crippen LogP contribution in [0.1, 0.15) is 50.8 Å². The van der Waals surface area contributed by atoms with Gasteiger partial charge in [-0.2, -0.15) is 4.58 Å². The molecule has 0 unspecified atom stereocenters. The van der Waals surface area contributed by atoms with E-state index in [4.69, 9.17) is 5.11 Å². The molecule has 2 aromatic rings. The number of allylic oxidation sites excluding steroid dienone is 7. The number of anilines is 1. The Morgan fingerprint density at radius 1 is 1.09 bits per heavy atom. The lowest BCUT2D eigenvalue weighted by Crippen LogP contribution is -2.28. The molecule has 0 bridgehead atoms. The van der Waals surface area contributed by atoms with Crippen molar-refractivity contribution in [1.29, 1.82) is 0 Å². The van der Waals surface area contributed by atoms with E-state index in [-0.39, 0.29) is 29.5 Å². The molecule has 46 heavy (non-hydrogen) atoms. The summed E-state index contributed by atoms with van der Waals surface area (Å²) in [6.45, 7) is 9.76. The van der Waals surface area contributed by atoms with E-state index in [2.05, 4.69) is 98.9 Å².